The van der Waals surface area contributed by atoms with Crippen LogP contribution >= 0.6 is 56.8 Å². The standard InChI is InChI=1S/C18H9ClI2N2O6/c1-8(24)28-16-12(20)4-9(5-13(16)21)6-14-18(25)29-17(22-14)10-2-3-11(19)15(7-10)23(26)27/h2-7H,1H3/b14-6-. The van der Waals surface area contributed by atoms with Crippen LogP contribution in [0.4, 0.5) is 5.69 Å². The molecule has 8 nitrogen and oxygen atoms in total. The maximum atomic E-state index is 12.2. The topological polar surface area (TPSA) is 108 Å². The highest BCUT2D eigenvalue weighted by atomic mass is 127. The normalized spacial score (nSPS) is 14.6. The van der Waals surface area contributed by atoms with Crippen LogP contribution in [0.25, 0.3) is 6.08 Å². The van der Waals surface area contributed by atoms with Gasteiger partial charge in [-0.2, -0.15) is 0 Å². The maximum absolute atomic E-state index is 12.2. The summed E-state index contributed by atoms with van der Waals surface area (Å²) in [6.07, 6.45) is 1.52. The number of hydrogen-bond donors (Lipinski definition) is 0. The fourth-order valence-electron chi connectivity index (χ4n) is 2.38. The molecule has 0 aromatic heterocycles. The number of carbonyl (C=O) groups is 2. The minimum Gasteiger partial charge on any atom is -0.424 e. The molecule has 0 aliphatic carbocycles. The number of carbonyl (C=O) groups excluding carboxylic acids is 2. The Labute approximate surface area is 196 Å². The van der Waals surface area contributed by atoms with Gasteiger partial charge in [0.25, 0.3) is 5.69 Å². The van der Waals surface area contributed by atoms with Crippen LogP contribution in [0.2, 0.25) is 5.02 Å². The highest BCUT2D eigenvalue weighted by Gasteiger charge is 2.26. The van der Waals surface area contributed by atoms with Crippen molar-refractivity contribution in [2.24, 2.45) is 4.99 Å². The van der Waals surface area contributed by atoms with Gasteiger partial charge in [0.05, 0.1) is 12.1 Å². The Kier molecular flexibility index (Phi) is 6.53. The van der Waals surface area contributed by atoms with E-state index in [1.54, 1.807) is 12.1 Å². The molecule has 0 amide bonds. The molecule has 1 heterocycles. The van der Waals surface area contributed by atoms with Gasteiger partial charge in [-0.25, -0.2) is 9.79 Å². The molecule has 0 saturated heterocycles. The van der Waals surface area contributed by atoms with Crippen molar-refractivity contribution >= 4 is 86.4 Å². The molecule has 1 aliphatic heterocycles. The number of ether oxygens (including phenoxy) is 2. The van der Waals surface area contributed by atoms with E-state index in [0.717, 1.165) is 0 Å². The van der Waals surface area contributed by atoms with Crippen molar-refractivity contribution < 1.29 is 24.0 Å². The van der Waals surface area contributed by atoms with Gasteiger partial charge in [0, 0.05) is 18.6 Å². The van der Waals surface area contributed by atoms with Gasteiger partial charge in [0.2, 0.25) is 5.90 Å². The van der Waals surface area contributed by atoms with Crippen molar-refractivity contribution in [2.75, 3.05) is 0 Å². The number of esters is 2. The molecule has 0 atom stereocenters. The van der Waals surface area contributed by atoms with Gasteiger partial charge in [-0.15, -0.1) is 0 Å². The molecule has 0 N–H and O–H groups in total. The Balaban J connectivity index is 1.96. The highest BCUT2D eigenvalue weighted by molar-refractivity contribution is 14.1. The molecule has 11 heteroatoms. The first-order chi connectivity index (χ1) is 13.7. The third-order valence-corrected chi connectivity index (χ3v) is 5.50. The van der Waals surface area contributed by atoms with E-state index < -0.39 is 16.9 Å². The van der Waals surface area contributed by atoms with E-state index >= 15 is 0 Å². The van der Waals surface area contributed by atoms with Crippen molar-refractivity contribution in [3.63, 3.8) is 0 Å². The molecule has 1 aliphatic rings. The van der Waals surface area contributed by atoms with Crippen LogP contribution in [0.3, 0.4) is 0 Å². The molecule has 0 unspecified atom stereocenters. The molecular weight excluding hydrogens is 629 g/mol. The molecule has 2 aromatic rings. The largest absolute Gasteiger partial charge is 0.424 e. The molecule has 29 heavy (non-hydrogen) atoms. The van der Waals surface area contributed by atoms with Crippen LogP contribution in [0.1, 0.15) is 18.1 Å². The van der Waals surface area contributed by atoms with Gasteiger partial charge in [0.15, 0.2) is 11.4 Å². The van der Waals surface area contributed by atoms with Crippen molar-refractivity contribution in [3.05, 3.63) is 69.4 Å². The summed E-state index contributed by atoms with van der Waals surface area (Å²) in [4.78, 5) is 38.0. The average molecular weight is 639 g/mol. The zero-order valence-electron chi connectivity index (χ0n) is 14.4. The van der Waals surface area contributed by atoms with Gasteiger partial charge in [-0.05, 0) is 81.1 Å². The summed E-state index contributed by atoms with van der Waals surface area (Å²) in [7, 11) is 0. The lowest BCUT2D eigenvalue weighted by atomic mass is 10.2. The number of hydrogen-bond acceptors (Lipinski definition) is 7. The van der Waals surface area contributed by atoms with Gasteiger partial charge in [-0.3, -0.25) is 14.9 Å². The lowest BCUT2D eigenvalue weighted by Crippen LogP contribution is -2.06. The molecular formula is C18H9ClI2N2O6. The summed E-state index contributed by atoms with van der Waals surface area (Å²) in [6, 6.07) is 7.46. The third kappa shape index (κ3) is 4.93. The quantitative estimate of drug-likeness (QED) is 0.120. The number of rotatable bonds is 4. The number of benzene rings is 2. The Morgan fingerprint density at radius 1 is 1.28 bits per heavy atom. The molecule has 2 aromatic carbocycles. The van der Waals surface area contributed by atoms with Crippen molar-refractivity contribution in [1.29, 1.82) is 0 Å². The molecule has 0 fully saturated rings. The molecule has 3 rings (SSSR count). The number of nitro benzene ring substituents is 1. The highest BCUT2D eigenvalue weighted by Crippen LogP contribution is 2.31. The SMILES string of the molecule is CC(=O)Oc1c(I)cc(/C=C2\N=C(c3ccc(Cl)c([N+](=O)[O-])c3)OC2=O)cc1I. The summed E-state index contributed by atoms with van der Waals surface area (Å²) in [6.45, 7) is 1.31. The average Bonchev–Trinajstić information content (AvgIpc) is 2.98. The summed E-state index contributed by atoms with van der Waals surface area (Å²) in [5.74, 6) is -0.737. The van der Waals surface area contributed by atoms with Crippen LogP contribution in [0, 0.1) is 17.3 Å². The van der Waals surface area contributed by atoms with E-state index in [1.165, 1.54) is 31.2 Å². The minimum atomic E-state index is -0.688. The first-order valence-electron chi connectivity index (χ1n) is 7.80. The predicted octanol–water partition coefficient (Wildman–Crippen LogP) is 4.73. The van der Waals surface area contributed by atoms with Crippen molar-refractivity contribution in [2.45, 2.75) is 6.92 Å². The van der Waals surface area contributed by atoms with Crippen molar-refractivity contribution in [3.8, 4) is 5.75 Å². The number of halogens is 3. The van der Waals surface area contributed by atoms with Crippen LogP contribution in [0.5, 0.6) is 5.75 Å². The second-order valence-corrected chi connectivity index (χ2v) is 8.40. The van der Waals surface area contributed by atoms with E-state index in [4.69, 9.17) is 21.1 Å². The van der Waals surface area contributed by atoms with E-state index in [2.05, 4.69) is 4.99 Å². The maximum Gasteiger partial charge on any atom is 0.363 e. The summed E-state index contributed by atoms with van der Waals surface area (Å²) in [5.41, 5.74) is 0.621. The Bertz CT molecular complexity index is 1110. The zero-order valence-corrected chi connectivity index (χ0v) is 19.5. The van der Waals surface area contributed by atoms with Gasteiger partial charge < -0.3 is 9.47 Å². The summed E-state index contributed by atoms with van der Waals surface area (Å²) < 4.78 is 11.7. The molecule has 0 bridgehead atoms. The van der Waals surface area contributed by atoms with Crippen molar-refractivity contribution in [1.82, 2.24) is 0 Å². The van der Waals surface area contributed by atoms with Gasteiger partial charge >= 0.3 is 11.9 Å². The van der Waals surface area contributed by atoms with Gasteiger partial charge in [-0.1, -0.05) is 11.6 Å². The van der Waals surface area contributed by atoms with Crippen LogP contribution in [0.15, 0.2) is 41.0 Å². The van der Waals surface area contributed by atoms with Crippen LogP contribution < -0.4 is 4.74 Å². The van der Waals surface area contributed by atoms with E-state index in [-0.39, 0.29) is 27.9 Å². The Hall–Kier alpha value is -2.06. The second kappa shape index (κ2) is 8.75. The smallest absolute Gasteiger partial charge is 0.363 e. The molecule has 0 spiro atoms. The third-order valence-electron chi connectivity index (χ3n) is 3.58. The lowest BCUT2D eigenvalue weighted by molar-refractivity contribution is -0.384. The first kappa shape index (κ1) is 21.6. The molecule has 148 valence electrons. The van der Waals surface area contributed by atoms with E-state index in [9.17, 15) is 19.7 Å². The summed E-state index contributed by atoms with van der Waals surface area (Å²) in [5, 5.41) is 11.0. The Morgan fingerprint density at radius 3 is 2.52 bits per heavy atom. The summed E-state index contributed by atoms with van der Waals surface area (Å²) >= 11 is 9.85. The fraction of sp³-hybridized carbons (Fsp3) is 0.0556. The van der Waals surface area contributed by atoms with Crippen LogP contribution in [-0.2, 0) is 14.3 Å². The minimum absolute atomic E-state index is 0.0311. The monoisotopic (exact) mass is 638 g/mol. The van der Waals surface area contributed by atoms with E-state index in [0.29, 0.717) is 18.5 Å². The van der Waals surface area contributed by atoms with Gasteiger partial charge in [0.1, 0.15) is 5.02 Å². The fourth-order valence-corrected chi connectivity index (χ4v) is 4.60. The van der Waals surface area contributed by atoms with Crippen LogP contribution in [-0.4, -0.2) is 22.8 Å². The number of cyclic esters (lactones) is 1. The molecule has 0 saturated carbocycles. The zero-order chi connectivity index (χ0) is 21.3. The predicted molar refractivity (Wildman–Crippen MR) is 122 cm³/mol. The number of aliphatic imine (C=N–C) groups is 1. The molecule has 0 radical (unpaired) electrons. The lowest BCUT2D eigenvalue weighted by Gasteiger charge is -2.08. The number of nitrogens with zero attached hydrogens (tertiary/aromatic N) is 2. The Morgan fingerprint density at radius 2 is 1.93 bits per heavy atom. The number of nitro groups is 1. The van der Waals surface area contributed by atoms with E-state index in [1.807, 2.05) is 45.2 Å². The first-order valence-corrected chi connectivity index (χ1v) is 10.3. The second-order valence-electron chi connectivity index (χ2n) is 5.67.